The third-order valence-corrected chi connectivity index (χ3v) is 4.11. The summed E-state index contributed by atoms with van der Waals surface area (Å²) < 4.78 is 60.6. The molecule has 0 aliphatic carbocycles. The fourth-order valence-electron chi connectivity index (χ4n) is 2.36. The fourth-order valence-corrected chi connectivity index (χ4v) is 3.18. The van der Waals surface area contributed by atoms with Crippen molar-refractivity contribution >= 4 is 29.0 Å². The van der Waals surface area contributed by atoms with Crippen LogP contribution in [0.1, 0.15) is 28.8 Å². The number of carboxylic acids is 1. The van der Waals surface area contributed by atoms with Gasteiger partial charge in [-0.15, -0.1) is 0 Å². The number of carboxylic acid groups (broad SMARTS) is 1. The van der Waals surface area contributed by atoms with E-state index in [1.54, 1.807) is 0 Å². The second-order valence-corrected chi connectivity index (χ2v) is 6.93. The highest BCUT2D eigenvalue weighted by atomic mass is 32.2. The van der Waals surface area contributed by atoms with E-state index in [0.29, 0.717) is 6.26 Å². The van der Waals surface area contributed by atoms with Crippen LogP contribution in [-0.4, -0.2) is 54.3 Å². The first-order chi connectivity index (χ1) is 11.3. The van der Waals surface area contributed by atoms with Crippen LogP contribution in [0.3, 0.4) is 0 Å². The van der Waals surface area contributed by atoms with Crippen molar-refractivity contribution in [1.82, 2.24) is 0 Å². The number of hydrogen-bond acceptors (Lipinski definition) is 8. The minimum absolute atomic E-state index is 0.433. The molecule has 2 atom stereocenters. The second-order valence-electron chi connectivity index (χ2n) is 5.15. The minimum atomic E-state index is -4.38. The van der Waals surface area contributed by atoms with Crippen molar-refractivity contribution in [1.29, 1.82) is 0 Å². The van der Waals surface area contributed by atoms with Gasteiger partial charge in [-0.2, -0.15) is 8.42 Å². The van der Waals surface area contributed by atoms with Gasteiger partial charge in [0, 0.05) is 18.5 Å². The summed E-state index contributed by atoms with van der Waals surface area (Å²) in [6.07, 6.45) is -4.49. The molecule has 0 saturated carbocycles. The lowest BCUT2D eigenvalue weighted by molar-refractivity contribution is -0.227. The van der Waals surface area contributed by atoms with Gasteiger partial charge < -0.3 is 19.5 Å². The molecule has 0 bridgehead atoms. The summed E-state index contributed by atoms with van der Waals surface area (Å²) in [6.45, 7) is 0.920. The number of rotatable bonds is 8. The Hall–Kier alpha value is -1.47. The Morgan fingerprint density at radius 3 is 2.28 bits per heavy atom. The van der Waals surface area contributed by atoms with Crippen molar-refractivity contribution in [3.05, 3.63) is 29.3 Å². The summed E-state index contributed by atoms with van der Waals surface area (Å²) >= 11 is 3.47. The smallest absolute Gasteiger partial charge is 0.336 e. The summed E-state index contributed by atoms with van der Waals surface area (Å²) in [7, 11) is -4.22. The molecule has 8 nitrogen and oxygen atoms in total. The fraction of sp³-hybridized carbons (Fsp3) is 0.462. The molecule has 0 fully saturated rings. The van der Waals surface area contributed by atoms with E-state index in [4.69, 9.17) is 10.2 Å². The van der Waals surface area contributed by atoms with Crippen molar-refractivity contribution in [2.24, 2.45) is 0 Å². The maximum absolute atomic E-state index is 14.4. The van der Waals surface area contributed by atoms with E-state index in [2.05, 4.69) is 21.3 Å². The summed E-state index contributed by atoms with van der Waals surface area (Å²) in [4.78, 5) is 11.4. The predicted octanol–water partition coefficient (Wildman–Crippen LogP) is 1.00. The molecular formula is C13H16F2O8S2. The van der Waals surface area contributed by atoms with Crippen LogP contribution in [0.15, 0.2) is 18.2 Å². The molecule has 0 aliphatic heterocycles. The third kappa shape index (κ3) is 5.01. The Kier molecular flexibility index (Phi) is 6.75. The lowest BCUT2D eigenvalue weighted by Gasteiger charge is -2.33. The van der Waals surface area contributed by atoms with Crippen LogP contribution in [0.25, 0.3) is 0 Å². The van der Waals surface area contributed by atoms with Gasteiger partial charge in [0.1, 0.15) is 5.75 Å². The van der Waals surface area contributed by atoms with E-state index >= 15 is 0 Å². The number of carbonyl (C=O) groups is 1. The molecule has 25 heavy (non-hydrogen) atoms. The topological polar surface area (TPSA) is 130 Å². The molecule has 0 saturated heterocycles. The first kappa shape index (κ1) is 21.6. The zero-order valence-electron chi connectivity index (χ0n) is 13.0. The van der Waals surface area contributed by atoms with Gasteiger partial charge in [0.15, 0.2) is 0 Å². The molecule has 1 aromatic carbocycles. The molecule has 0 heterocycles. The molecule has 0 radical (unpaired) electrons. The van der Waals surface area contributed by atoms with Crippen LogP contribution in [0.4, 0.5) is 8.78 Å². The maximum atomic E-state index is 14.4. The van der Waals surface area contributed by atoms with Gasteiger partial charge in [-0.3, -0.25) is 4.18 Å². The number of benzene rings is 1. The highest BCUT2D eigenvalue weighted by molar-refractivity contribution is 7.86. The molecule has 142 valence electrons. The van der Waals surface area contributed by atoms with Crippen LogP contribution in [0.5, 0.6) is 5.75 Å². The number of alkyl halides is 2. The van der Waals surface area contributed by atoms with E-state index in [1.165, 1.54) is 6.07 Å². The molecule has 0 aromatic heterocycles. The lowest BCUT2D eigenvalue weighted by atomic mass is 9.84. The van der Waals surface area contributed by atoms with Crippen LogP contribution in [0, 0.1) is 0 Å². The molecule has 0 aliphatic rings. The predicted molar refractivity (Wildman–Crippen MR) is 84.3 cm³/mol. The number of aromatic carboxylic acids is 1. The number of aliphatic hydroxyl groups excluding tert-OH is 1. The van der Waals surface area contributed by atoms with Crippen LogP contribution in [0.2, 0.25) is 0 Å². The number of thiol groups is 1. The molecule has 1 rings (SSSR count). The molecule has 0 amide bonds. The molecule has 1 aromatic rings. The van der Waals surface area contributed by atoms with Crippen LogP contribution >= 0.6 is 12.9 Å². The van der Waals surface area contributed by atoms with Crippen molar-refractivity contribution in [3.8, 4) is 5.75 Å². The highest BCUT2D eigenvalue weighted by Crippen LogP contribution is 2.45. The SMILES string of the molecule is CC(OS(C)(=O)=O)C(c1c(OS)cccc1C(=O)O)C(F)(F)C(O)O. The van der Waals surface area contributed by atoms with Crippen LogP contribution < -0.4 is 4.18 Å². The first-order valence-corrected chi connectivity index (χ1v) is 8.81. The number of hydrogen-bond donors (Lipinski definition) is 4. The van der Waals surface area contributed by atoms with E-state index in [1.807, 2.05) is 0 Å². The van der Waals surface area contributed by atoms with Gasteiger partial charge >= 0.3 is 11.9 Å². The maximum Gasteiger partial charge on any atom is 0.336 e. The molecule has 3 N–H and O–H groups in total. The summed E-state index contributed by atoms with van der Waals surface area (Å²) in [5.41, 5.74) is -1.36. The monoisotopic (exact) mass is 402 g/mol. The molecule has 2 unspecified atom stereocenters. The Balaban J connectivity index is 3.72. The minimum Gasteiger partial charge on any atom is -0.478 e. The number of aliphatic hydroxyl groups is 2. The van der Waals surface area contributed by atoms with Gasteiger partial charge in [-0.25, -0.2) is 13.6 Å². The normalized spacial score (nSPS) is 15.0. The molecule has 12 heteroatoms. The van der Waals surface area contributed by atoms with Crippen LogP contribution in [-0.2, 0) is 14.3 Å². The van der Waals surface area contributed by atoms with Crippen molar-refractivity contribution in [2.45, 2.75) is 31.2 Å². The lowest BCUT2D eigenvalue weighted by Crippen LogP contribution is -2.45. The first-order valence-electron chi connectivity index (χ1n) is 6.62. The van der Waals surface area contributed by atoms with E-state index in [9.17, 15) is 27.1 Å². The molecular weight excluding hydrogens is 386 g/mol. The highest BCUT2D eigenvalue weighted by Gasteiger charge is 2.52. The van der Waals surface area contributed by atoms with Crippen molar-refractivity contribution < 1.29 is 45.7 Å². The largest absolute Gasteiger partial charge is 0.478 e. The van der Waals surface area contributed by atoms with Gasteiger partial charge in [0.25, 0.3) is 10.1 Å². The Morgan fingerprint density at radius 2 is 1.88 bits per heavy atom. The van der Waals surface area contributed by atoms with E-state index < -0.39 is 57.2 Å². The Bertz CT molecular complexity index is 736. The Morgan fingerprint density at radius 1 is 1.32 bits per heavy atom. The average molecular weight is 402 g/mol. The summed E-state index contributed by atoms with van der Waals surface area (Å²) in [5.74, 6) is -8.83. The standard InChI is InChI=1S/C13H16F2O8S2/c1-6(23-25(2,20)21)10(13(14,15)12(18)19)9-7(11(16)17)4-3-5-8(9)22-24/h3-6,10,12,18-19,24H,1-2H3,(H,16,17). The van der Waals surface area contributed by atoms with E-state index in [0.717, 1.165) is 19.1 Å². The van der Waals surface area contributed by atoms with E-state index in [-0.39, 0.29) is 0 Å². The van der Waals surface area contributed by atoms with Gasteiger partial charge in [0.2, 0.25) is 6.29 Å². The zero-order valence-corrected chi connectivity index (χ0v) is 14.7. The summed E-state index contributed by atoms with van der Waals surface area (Å²) in [5, 5.41) is 27.3. The third-order valence-electron chi connectivity index (χ3n) is 3.26. The zero-order chi connectivity index (χ0) is 19.6. The van der Waals surface area contributed by atoms with Crippen molar-refractivity contribution in [3.63, 3.8) is 0 Å². The van der Waals surface area contributed by atoms with Gasteiger partial charge in [-0.1, -0.05) is 6.07 Å². The molecule has 0 spiro atoms. The van der Waals surface area contributed by atoms with Crippen molar-refractivity contribution in [2.75, 3.05) is 6.26 Å². The number of halogens is 2. The van der Waals surface area contributed by atoms with Gasteiger partial charge in [0.05, 0.1) is 23.8 Å². The van der Waals surface area contributed by atoms with Gasteiger partial charge in [-0.05, 0) is 19.1 Å². The quantitative estimate of drug-likeness (QED) is 0.219. The Labute approximate surface area is 147 Å². The average Bonchev–Trinajstić information content (AvgIpc) is 2.44. The second kappa shape index (κ2) is 7.83. The summed E-state index contributed by atoms with van der Waals surface area (Å²) in [6, 6.07) is 3.26.